The van der Waals surface area contributed by atoms with Gasteiger partial charge in [-0.15, -0.1) is 11.3 Å². The van der Waals surface area contributed by atoms with Gasteiger partial charge in [0.2, 0.25) is 0 Å². The van der Waals surface area contributed by atoms with E-state index in [4.69, 9.17) is 14.5 Å². The number of aromatic nitrogens is 1. The van der Waals surface area contributed by atoms with Crippen molar-refractivity contribution in [1.29, 1.82) is 0 Å². The molecule has 1 N–H and O–H groups in total. The average Bonchev–Trinajstić information content (AvgIpc) is 3.27. The molecule has 0 spiro atoms. The third kappa shape index (κ3) is 4.41. The van der Waals surface area contributed by atoms with Crippen LogP contribution in [0.4, 0.5) is 5.13 Å². The van der Waals surface area contributed by atoms with Gasteiger partial charge in [0.25, 0.3) is 5.91 Å². The smallest absolute Gasteiger partial charge is 0.253 e. The summed E-state index contributed by atoms with van der Waals surface area (Å²) >= 11 is 1.62. The number of hydrogen-bond acceptors (Lipinski definition) is 6. The number of nitrogens with one attached hydrogen (secondary N) is 1. The highest BCUT2D eigenvalue weighted by Crippen LogP contribution is 2.29. The molecule has 0 bridgehead atoms. The molecule has 2 aromatic carbocycles. The van der Waals surface area contributed by atoms with Crippen LogP contribution in [0.2, 0.25) is 0 Å². The maximum absolute atomic E-state index is 12.9. The molecule has 0 atom stereocenters. The number of ether oxygens (including phenoxy) is 2. The summed E-state index contributed by atoms with van der Waals surface area (Å²) in [6.45, 7) is 1.42. The number of thiazole rings is 1. The summed E-state index contributed by atoms with van der Waals surface area (Å²) in [5, 5.41) is 6.54. The molecule has 1 aromatic heterocycles. The number of methoxy groups -OCH3 is 2. The number of likely N-dealkylation sites (tertiary alicyclic amines) is 1. The van der Waals surface area contributed by atoms with Gasteiger partial charge >= 0.3 is 0 Å². The fraction of sp³-hybridized carbons (Fsp3) is 0.304. The number of piperidine rings is 1. The molecule has 6 nitrogen and oxygen atoms in total. The zero-order valence-corrected chi connectivity index (χ0v) is 17.9. The van der Waals surface area contributed by atoms with Crippen LogP contribution < -0.4 is 14.8 Å². The lowest BCUT2D eigenvalue weighted by molar-refractivity contribution is 0.0718. The van der Waals surface area contributed by atoms with Crippen LogP contribution in [0, 0.1) is 0 Å². The van der Waals surface area contributed by atoms with Crippen molar-refractivity contribution < 1.29 is 14.3 Å². The molecule has 0 aliphatic carbocycles. The van der Waals surface area contributed by atoms with Crippen molar-refractivity contribution in [3.05, 3.63) is 59.5 Å². The summed E-state index contributed by atoms with van der Waals surface area (Å²) in [7, 11) is 3.16. The van der Waals surface area contributed by atoms with E-state index in [9.17, 15) is 4.79 Å². The third-order valence-corrected chi connectivity index (χ3v) is 6.09. The van der Waals surface area contributed by atoms with Crippen LogP contribution in [-0.4, -0.2) is 49.1 Å². The molecular formula is C23H25N3O3S. The van der Waals surface area contributed by atoms with Gasteiger partial charge in [-0.25, -0.2) is 4.98 Å². The molecule has 4 rings (SSSR count). The zero-order chi connectivity index (χ0) is 20.9. The Labute approximate surface area is 180 Å². The predicted molar refractivity (Wildman–Crippen MR) is 120 cm³/mol. The van der Waals surface area contributed by atoms with Gasteiger partial charge in [-0.1, -0.05) is 30.3 Å². The Hall–Kier alpha value is -3.06. The van der Waals surface area contributed by atoms with Crippen LogP contribution in [-0.2, 0) is 0 Å². The van der Waals surface area contributed by atoms with Crippen molar-refractivity contribution >= 4 is 22.4 Å². The molecular weight excluding hydrogens is 398 g/mol. The van der Waals surface area contributed by atoms with Gasteiger partial charge in [0, 0.05) is 35.6 Å². The van der Waals surface area contributed by atoms with Crippen molar-refractivity contribution in [2.24, 2.45) is 0 Å². The standard InChI is InChI=1S/C23H25N3O3S/c1-28-20-9-8-17(14-21(20)29-2)22(27)26-12-10-18(11-13-26)24-23-25-19(15-30-23)16-6-4-3-5-7-16/h3-9,14-15,18H,10-13H2,1-2H3,(H,24,25). The summed E-state index contributed by atoms with van der Waals surface area (Å²) < 4.78 is 10.6. The summed E-state index contributed by atoms with van der Waals surface area (Å²) in [4.78, 5) is 19.5. The van der Waals surface area contributed by atoms with Crippen LogP contribution in [0.5, 0.6) is 11.5 Å². The van der Waals surface area contributed by atoms with Gasteiger partial charge in [0.15, 0.2) is 16.6 Å². The first-order valence-corrected chi connectivity index (χ1v) is 10.8. The van der Waals surface area contributed by atoms with Crippen molar-refractivity contribution in [2.75, 3.05) is 32.6 Å². The Bertz CT molecular complexity index is 998. The molecule has 2 heterocycles. The molecule has 3 aromatic rings. The number of amides is 1. The minimum absolute atomic E-state index is 0.0232. The van der Waals surface area contributed by atoms with Gasteiger partial charge in [-0.2, -0.15) is 0 Å². The second-order valence-electron chi connectivity index (χ2n) is 7.18. The Kier molecular flexibility index (Phi) is 6.18. The highest BCUT2D eigenvalue weighted by molar-refractivity contribution is 7.14. The van der Waals surface area contributed by atoms with Crippen molar-refractivity contribution in [2.45, 2.75) is 18.9 Å². The number of benzene rings is 2. The normalized spacial score (nSPS) is 14.4. The van der Waals surface area contributed by atoms with E-state index in [0.29, 0.717) is 36.2 Å². The lowest BCUT2D eigenvalue weighted by atomic mass is 10.0. The molecule has 1 fully saturated rings. The van der Waals surface area contributed by atoms with Crippen LogP contribution in [0.25, 0.3) is 11.3 Å². The number of nitrogens with zero attached hydrogens (tertiary/aromatic N) is 2. The average molecular weight is 424 g/mol. The van der Waals surface area contributed by atoms with Gasteiger partial charge < -0.3 is 19.7 Å². The summed E-state index contributed by atoms with van der Waals surface area (Å²) in [5.41, 5.74) is 2.73. The number of rotatable bonds is 6. The number of carbonyl (C=O) groups is 1. The highest BCUT2D eigenvalue weighted by Gasteiger charge is 2.25. The van der Waals surface area contributed by atoms with E-state index in [-0.39, 0.29) is 5.91 Å². The van der Waals surface area contributed by atoms with E-state index >= 15 is 0 Å². The minimum Gasteiger partial charge on any atom is -0.493 e. The van der Waals surface area contributed by atoms with E-state index in [1.807, 2.05) is 23.1 Å². The fourth-order valence-electron chi connectivity index (χ4n) is 3.63. The Balaban J connectivity index is 1.34. The maximum atomic E-state index is 12.9. The molecule has 1 saturated heterocycles. The maximum Gasteiger partial charge on any atom is 0.253 e. The SMILES string of the molecule is COc1ccc(C(=O)N2CCC(Nc3nc(-c4ccccc4)cs3)CC2)cc1OC. The predicted octanol–water partition coefficient (Wildman–Crippen LogP) is 4.54. The summed E-state index contributed by atoms with van der Waals surface area (Å²) in [5.74, 6) is 1.21. The monoisotopic (exact) mass is 423 g/mol. The van der Waals surface area contributed by atoms with E-state index in [1.54, 1.807) is 43.8 Å². The van der Waals surface area contributed by atoms with Crippen LogP contribution in [0.3, 0.4) is 0 Å². The molecule has 30 heavy (non-hydrogen) atoms. The van der Waals surface area contributed by atoms with Crippen molar-refractivity contribution in [3.63, 3.8) is 0 Å². The quantitative estimate of drug-likeness (QED) is 0.630. The molecule has 156 valence electrons. The molecule has 1 aliphatic heterocycles. The second kappa shape index (κ2) is 9.17. The van der Waals surface area contributed by atoms with Gasteiger partial charge in [-0.05, 0) is 31.0 Å². The number of anilines is 1. The van der Waals surface area contributed by atoms with E-state index in [0.717, 1.165) is 29.2 Å². The van der Waals surface area contributed by atoms with Gasteiger partial charge in [0.1, 0.15) is 0 Å². The van der Waals surface area contributed by atoms with E-state index < -0.39 is 0 Å². The van der Waals surface area contributed by atoms with Crippen molar-refractivity contribution in [3.8, 4) is 22.8 Å². The van der Waals surface area contributed by atoms with E-state index in [2.05, 4.69) is 22.8 Å². The topological polar surface area (TPSA) is 63.7 Å². The molecule has 0 unspecified atom stereocenters. The fourth-order valence-corrected chi connectivity index (χ4v) is 4.43. The Morgan fingerprint density at radius 1 is 1.07 bits per heavy atom. The van der Waals surface area contributed by atoms with E-state index in [1.165, 1.54) is 0 Å². The number of hydrogen-bond donors (Lipinski definition) is 1. The second-order valence-corrected chi connectivity index (χ2v) is 8.04. The summed E-state index contributed by atoms with van der Waals surface area (Å²) in [6.07, 6.45) is 1.78. The highest BCUT2D eigenvalue weighted by atomic mass is 32.1. The molecule has 1 amide bonds. The Morgan fingerprint density at radius 3 is 2.50 bits per heavy atom. The third-order valence-electron chi connectivity index (χ3n) is 5.31. The largest absolute Gasteiger partial charge is 0.493 e. The molecule has 0 saturated carbocycles. The van der Waals surface area contributed by atoms with Crippen molar-refractivity contribution in [1.82, 2.24) is 9.88 Å². The molecule has 0 radical (unpaired) electrons. The van der Waals surface area contributed by atoms with Crippen LogP contribution in [0.15, 0.2) is 53.9 Å². The lowest BCUT2D eigenvalue weighted by Gasteiger charge is -2.32. The van der Waals surface area contributed by atoms with Gasteiger partial charge in [-0.3, -0.25) is 4.79 Å². The molecule has 7 heteroatoms. The lowest BCUT2D eigenvalue weighted by Crippen LogP contribution is -2.42. The van der Waals surface area contributed by atoms with Crippen LogP contribution >= 0.6 is 11.3 Å². The Morgan fingerprint density at radius 2 is 1.80 bits per heavy atom. The number of carbonyl (C=O) groups excluding carboxylic acids is 1. The first-order valence-electron chi connectivity index (χ1n) is 9.96. The zero-order valence-electron chi connectivity index (χ0n) is 17.1. The summed E-state index contributed by atoms with van der Waals surface area (Å²) in [6, 6.07) is 15.8. The van der Waals surface area contributed by atoms with Crippen LogP contribution in [0.1, 0.15) is 23.2 Å². The first-order chi connectivity index (χ1) is 14.7. The van der Waals surface area contributed by atoms with Gasteiger partial charge in [0.05, 0.1) is 19.9 Å². The molecule has 1 aliphatic rings. The first kappa shape index (κ1) is 20.2. The minimum atomic E-state index is 0.0232.